The molecular weight excluding hydrogens is 206 g/mol. The summed E-state index contributed by atoms with van der Waals surface area (Å²) in [6, 6.07) is 0. The van der Waals surface area contributed by atoms with Gasteiger partial charge in [-0.3, -0.25) is 0 Å². The third kappa shape index (κ3) is 3.28. The number of piperidine rings is 1. The van der Waals surface area contributed by atoms with Crippen molar-refractivity contribution in [3.05, 3.63) is 11.7 Å². The van der Waals surface area contributed by atoms with Crippen LogP contribution >= 0.6 is 0 Å². The van der Waals surface area contributed by atoms with Gasteiger partial charge in [0.1, 0.15) is 0 Å². The van der Waals surface area contributed by atoms with Gasteiger partial charge < -0.3 is 14.9 Å². The highest BCUT2D eigenvalue weighted by atomic mass is 16.5. The van der Waals surface area contributed by atoms with E-state index in [1.165, 1.54) is 12.8 Å². The Hall–Kier alpha value is -0.940. The van der Waals surface area contributed by atoms with E-state index in [1.54, 1.807) is 6.92 Å². The number of hydrogen-bond donors (Lipinski definition) is 2. The molecular formula is C11H19N3O2. The quantitative estimate of drug-likeness (QED) is 0.782. The summed E-state index contributed by atoms with van der Waals surface area (Å²) < 4.78 is 5.18. The highest BCUT2D eigenvalue weighted by Gasteiger charge is 2.17. The van der Waals surface area contributed by atoms with E-state index in [4.69, 9.17) is 4.52 Å². The van der Waals surface area contributed by atoms with Crippen molar-refractivity contribution in [3.63, 3.8) is 0 Å². The molecule has 2 rings (SSSR count). The molecule has 16 heavy (non-hydrogen) atoms. The fourth-order valence-corrected chi connectivity index (χ4v) is 2.05. The number of aliphatic hydroxyl groups excluding tert-OH is 1. The number of nitrogens with zero attached hydrogens (tertiary/aromatic N) is 2. The van der Waals surface area contributed by atoms with Gasteiger partial charge in [-0.05, 0) is 38.8 Å². The molecule has 0 amide bonds. The van der Waals surface area contributed by atoms with E-state index in [1.807, 2.05) is 0 Å². The molecule has 2 N–H and O–H groups in total. The minimum absolute atomic E-state index is 0.413. The summed E-state index contributed by atoms with van der Waals surface area (Å²) in [6.07, 6.45) is 3.27. The first-order chi connectivity index (χ1) is 7.74. The molecule has 0 saturated carbocycles. The maximum absolute atomic E-state index is 9.21. The summed E-state index contributed by atoms with van der Waals surface area (Å²) in [6.45, 7) is 3.89. The van der Waals surface area contributed by atoms with Crippen LogP contribution in [-0.2, 0) is 12.8 Å². The number of aliphatic hydroxyl groups is 1. The zero-order chi connectivity index (χ0) is 11.4. The van der Waals surface area contributed by atoms with Crippen LogP contribution in [-0.4, -0.2) is 34.4 Å². The number of hydrogen-bond acceptors (Lipinski definition) is 5. The van der Waals surface area contributed by atoms with Crippen molar-refractivity contribution < 1.29 is 9.63 Å². The topological polar surface area (TPSA) is 71.2 Å². The molecule has 0 aliphatic carbocycles. The molecule has 0 aromatic carbocycles. The van der Waals surface area contributed by atoms with Crippen LogP contribution in [0.3, 0.4) is 0 Å². The Kier molecular flexibility index (Phi) is 3.90. The average molecular weight is 225 g/mol. The van der Waals surface area contributed by atoms with E-state index < -0.39 is 6.10 Å². The zero-order valence-electron chi connectivity index (χ0n) is 9.65. The van der Waals surface area contributed by atoms with Gasteiger partial charge in [0.2, 0.25) is 5.89 Å². The van der Waals surface area contributed by atoms with Gasteiger partial charge >= 0.3 is 0 Å². The standard InChI is InChI=1S/C11H19N3O2/c1-8(15)6-10-13-11(16-14-10)7-9-2-4-12-5-3-9/h8-9,12,15H,2-7H2,1H3. The summed E-state index contributed by atoms with van der Waals surface area (Å²) in [5.41, 5.74) is 0. The molecule has 1 saturated heterocycles. The second-order valence-corrected chi connectivity index (χ2v) is 4.55. The summed E-state index contributed by atoms with van der Waals surface area (Å²) in [5.74, 6) is 1.97. The Bertz CT molecular complexity index is 319. The van der Waals surface area contributed by atoms with Crippen molar-refractivity contribution in [1.82, 2.24) is 15.5 Å². The molecule has 0 radical (unpaired) electrons. The largest absolute Gasteiger partial charge is 0.393 e. The second-order valence-electron chi connectivity index (χ2n) is 4.55. The van der Waals surface area contributed by atoms with Gasteiger partial charge in [-0.1, -0.05) is 5.16 Å². The molecule has 0 bridgehead atoms. The maximum atomic E-state index is 9.21. The summed E-state index contributed by atoms with van der Waals surface area (Å²) in [5, 5.41) is 16.4. The van der Waals surface area contributed by atoms with Crippen molar-refractivity contribution in [2.45, 2.75) is 38.7 Å². The van der Waals surface area contributed by atoms with Crippen LogP contribution < -0.4 is 5.32 Å². The van der Waals surface area contributed by atoms with E-state index in [-0.39, 0.29) is 0 Å². The van der Waals surface area contributed by atoms with Crippen molar-refractivity contribution >= 4 is 0 Å². The Morgan fingerprint density at radius 2 is 2.25 bits per heavy atom. The van der Waals surface area contributed by atoms with Crippen LogP contribution in [0.1, 0.15) is 31.5 Å². The third-order valence-corrected chi connectivity index (χ3v) is 2.91. The van der Waals surface area contributed by atoms with Gasteiger partial charge in [0.05, 0.1) is 6.10 Å². The maximum Gasteiger partial charge on any atom is 0.226 e. The lowest BCUT2D eigenvalue weighted by atomic mass is 9.95. The molecule has 1 aliphatic heterocycles. The van der Waals surface area contributed by atoms with Crippen molar-refractivity contribution in [3.8, 4) is 0 Å². The van der Waals surface area contributed by atoms with Crippen LogP contribution in [0.2, 0.25) is 0 Å². The normalized spacial score (nSPS) is 19.9. The minimum atomic E-state index is -0.413. The minimum Gasteiger partial charge on any atom is -0.393 e. The van der Waals surface area contributed by atoms with Gasteiger partial charge in [-0.15, -0.1) is 0 Å². The second kappa shape index (κ2) is 5.41. The lowest BCUT2D eigenvalue weighted by Gasteiger charge is -2.20. The van der Waals surface area contributed by atoms with Gasteiger partial charge in [-0.25, -0.2) is 0 Å². The molecule has 1 aromatic heterocycles. The Morgan fingerprint density at radius 3 is 2.94 bits per heavy atom. The van der Waals surface area contributed by atoms with Crippen LogP contribution in [0.5, 0.6) is 0 Å². The molecule has 1 unspecified atom stereocenters. The fraction of sp³-hybridized carbons (Fsp3) is 0.818. The predicted molar refractivity (Wildman–Crippen MR) is 59.0 cm³/mol. The van der Waals surface area contributed by atoms with Gasteiger partial charge in [0.15, 0.2) is 5.82 Å². The number of rotatable bonds is 4. The average Bonchev–Trinajstić information content (AvgIpc) is 2.66. The molecule has 5 heteroatoms. The molecule has 5 nitrogen and oxygen atoms in total. The first-order valence-corrected chi connectivity index (χ1v) is 5.94. The fourth-order valence-electron chi connectivity index (χ4n) is 2.05. The van der Waals surface area contributed by atoms with Crippen LogP contribution in [0.25, 0.3) is 0 Å². The van der Waals surface area contributed by atoms with E-state index in [2.05, 4.69) is 15.5 Å². The lowest BCUT2D eigenvalue weighted by molar-refractivity contribution is 0.191. The smallest absolute Gasteiger partial charge is 0.226 e. The van der Waals surface area contributed by atoms with Gasteiger partial charge in [-0.2, -0.15) is 4.98 Å². The van der Waals surface area contributed by atoms with Crippen LogP contribution in [0, 0.1) is 5.92 Å². The predicted octanol–water partition coefficient (Wildman–Crippen LogP) is 0.535. The molecule has 2 heterocycles. The molecule has 1 aromatic rings. The Labute approximate surface area is 95.2 Å². The summed E-state index contributed by atoms with van der Waals surface area (Å²) >= 11 is 0. The van der Waals surface area contributed by atoms with Gasteiger partial charge in [0, 0.05) is 12.8 Å². The Balaban J connectivity index is 1.86. The summed E-state index contributed by atoms with van der Waals surface area (Å²) in [4.78, 5) is 4.29. The van der Waals surface area contributed by atoms with E-state index in [0.29, 0.717) is 24.1 Å². The monoisotopic (exact) mass is 225 g/mol. The highest BCUT2D eigenvalue weighted by Crippen LogP contribution is 2.17. The number of nitrogens with one attached hydrogen (secondary N) is 1. The summed E-state index contributed by atoms with van der Waals surface area (Å²) in [7, 11) is 0. The van der Waals surface area contributed by atoms with Crippen LogP contribution in [0.4, 0.5) is 0 Å². The lowest BCUT2D eigenvalue weighted by Crippen LogP contribution is -2.28. The van der Waals surface area contributed by atoms with E-state index in [0.717, 1.165) is 19.5 Å². The van der Waals surface area contributed by atoms with Gasteiger partial charge in [0.25, 0.3) is 0 Å². The van der Waals surface area contributed by atoms with Crippen molar-refractivity contribution in [2.24, 2.45) is 5.92 Å². The van der Waals surface area contributed by atoms with Crippen molar-refractivity contribution in [1.29, 1.82) is 0 Å². The SMILES string of the molecule is CC(O)Cc1noc(CC2CCNCC2)n1. The van der Waals surface area contributed by atoms with Crippen LogP contribution in [0.15, 0.2) is 4.52 Å². The molecule has 90 valence electrons. The number of aromatic nitrogens is 2. The molecule has 1 atom stereocenters. The first kappa shape index (κ1) is 11.5. The van der Waals surface area contributed by atoms with E-state index >= 15 is 0 Å². The molecule has 1 aliphatic rings. The van der Waals surface area contributed by atoms with Crippen molar-refractivity contribution in [2.75, 3.05) is 13.1 Å². The highest BCUT2D eigenvalue weighted by molar-refractivity contribution is 4.90. The molecule has 1 fully saturated rings. The third-order valence-electron chi connectivity index (χ3n) is 2.91. The van der Waals surface area contributed by atoms with E-state index in [9.17, 15) is 5.11 Å². The zero-order valence-corrected chi connectivity index (χ0v) is 9.65. The Morgan fingerprint density at radius 1 is 1.50 bits per heavy atom. The first-order valence-electron chi connectivity index (χ1n) is 5.94. The molecule has 0 spiro atoms.